The van der Waals surface area contributed by atoms with Gasteiger partial charge in [-0.2, -0.15) is 0 Å². The van der Waals surface area contributed by atoms with Crippen LogP contribution in [0, 0.1) is 0 Å². The highest BCUT2D eigenvalue weighted by Crippen LogP contribution is 2.43. The molecule has 1 atom stereocenters. The Morgan fingerprint density at radius 2 is 2.03 bits per heavy atom. The standard InChI is InChI=1S/C22H25NO5S/c1-5-20(24)28-22-14(2)12-16-10-11-19(27-3)17(21(16)22)13-15-8-6-7-9-18(15)23-29(4,25)26/h6-11,13,19,23H,5,12H2,1-4H3. The van der Waals surface area contributed by atoms with Gasteiger partial charge in [0.25, 0.3) is 0 Å². The number of ether oxygens (including phenoxy) is 2. The highest BCUT2D eigenvalue weighted by molar-refractivity contribution is 7.92. The van der Waals surface area contributed by atoms with Crippen LogP contribution in [0.15, 0.2) is 64.5 Å². The van der Waals surface area contributed by atoms with Gasteiger partial charge in [-0.15, -0.1) is 0 Å². The van der Waals surface area contributed by atoms with Gasteiger partial charge >= 0.3 is 5.97 Å². The minimum atomic E-state index is -3.43. The van der Waals surface area contributed by atoms with Crippen molar-refractivity contribution in [1.82, 2.24) is 0 Å². The van der Waals surface area contributed by atoms with Gasteiger partial charge in [-0.1, -0.05) is 37.3 Å². The van der Waals surface area contributed by atoms with Gasteiger partial charge in [0.15, 0.2) is 0 Å². The van der Waals surface area contributed by atoms with E-state index in [1.54, 1.807) is 26.2 Å². The second-order valence-corrected chi connectivity index (χ2v) is 8.84. The Kier molecular flexibility index (Phi) is 6.10. The Labute approximate surface area is 171 Å². The first-order valence-electron chi connectivity index (χ1n) is 9.37. The third-order valence-corrected chi connectivity index (χ3v) is 5.38. The van der Waals surface area contributed by atoms with E-state index in [0.29, 0.717) is 23.4 Å². The van der Waals surface area contributed by atoms with E-state index in [4.69, 9.17) is 9.47 Å². The molecule has 1 N–H and O–H groups in total. The fourth-order valence-corrected chi connectivity index (χ4v) is 4.07. The van der Waals surface area contributed by atoms with Gasteiger partial charge in [0.05, 0.1) is 11.9 Å². The second-order valence-electron chi connectivity index (χ2n) is 7.09. The average Bonchev–Trinajstić information content (AvgIpc) is 2.98. The Morgan fingerprint density at radius 1 is 1.31 bits per heavy atom. The van der Waals surface area contributed by atoms with Gasteiger partial charge < -0.3 is 9.47 Å². The summed E-state index contributed by atoms with van der Waals surface area (Å²) in [7, 11) is -1.82. The predicted octanol–water partition coefficient (Wildman–Crippen LogP) is 3.95. The molecular weight excluding hydrogens is 390 g/mol. The number of hydrogen-bond donors (Lipinski definition) is 1. The quantitative estimate of drug-likeness (QED) is 0.712. The van der Waals surface area contributed by atoms with E-state index in [-0.39, 0.29) is 18.5 Å². The van der Waals surface area contributed by atoms with Crippen molar-refractivity contribution < 1.29 is 22.7 Å². The van der Waals surface area contributed by atoms with Crippen LogP contribution in [0.3, 0.4) is 0 Å². The van der Waals surface area contributed by atoms with Crippen LogP contribution in [-0.2, 0) is 24.3 Å². The van der Waals surface area contributed by atoms with Crippen LogP contribution in [-0.4, -0.2) is 33.9 Å². The lowest BCUT2D eigenvalue weighted by molar-refractivity contribution is -0.138. The molecular formula is C22H25NO5S. The molecule has 1 aromatic rings. The SMILES string of the molecule is CCC(=O)OC1=C(C)CC2=C1C(=Cc1ccccc1NS(C)(=O)=O)C(OC)C=C2. The second kappa shape index (κ2) is 8.39. The highest BCUT2D eigenvalue weighted by Gasteiger charge is 2.32. The zero-order valence-electron chi connectivity index (χ0n) is 17.0. The lowest BCUT2D eigenvalue weighted by Crippen LogP contribution is -2.18. The van der Waals surface area contributed by atoms with E-state index in [1.807, 2.05) is 37.3 Å². The number of para-hydroxylation sites is 1. The summed E-state index contributed by atoms with van der Waals surface area (Å²) in [5.74, 6) is 0.271. The smallest absolute Gasteiger partial charge is 0.310 e. The Bertz CT molecular complexity index is 1060. The molecule has 6 nitrogen and oxygen atoms in total. The van der Waals surface area contributed by atoms with Gasteiger partial charge in [-0.25, -0.2) is 8.42 Å². The van der Waals surface area contributed by atoms with Gasteiger partial charge in [0.2, 0.25) is 10.0 Å². The molecule has 1 aromatic carbocycles. The maximum atomic E-state index is 12.0. The van der Waals surface area contributed by atoms with Crippen LogP contribution in [0.25, 0.3) is 6.08 Å². The molecule has 0 radical (unpaired) electrons. The predicted molar refractivity (Wildman–Crippen MR) is 114 cm³/mol. The lowest BCUT2D eigenvalue weighted by atomic mass is 9.89. The molecule has 0 spiro atoms. The minimum Gasteiger partial charge on any atom is -0.426 e. The van der Waals surface area contributed by atoms with Crippen molar-refractivity contribution in [2.75, 3.05) is 18.1 Å². The molecule has 0 heterocycles. The lowest BCUT2D eigenvalue weighted by Gasteiger charge is -2.24. The van der Waals surface area contributed by atoms with Crippen molar-refractivity contribution in [3.63, 3.8) is 0 Å². The minimum absolute atomic E-state index is 0.281. The molecule has 0 fully saturated rings. The van der Waals surface area contributed by atoms with Crippen LogP contribution in [0.5, 0.6) is 0 Å². The number of sulfonamides is 1. The maximum Gasteiger partial charge on any atom is 0.310 e. The first kappa shape index (κ1) is 21.1. The topological polar surface area (TPSA) is 81.7 Å². The van der Waals surface area contributed by atoms with E-state index in [9.17, 15) is 13.2 Å². The summed E-state index contributed by atoms with van der Waals surface area (Å²) >= 11 is 0. The van der Waals surface area contributed by atoms with Crippen LogP contribution in [0.4, 0.5) is 5.69 Å². The van der Waals surface area contributed by atoms with Gasteiger partial charge in [-0.3, -0.25) is 9.52 Å². The van der Waals surface area contributed by atoms with Crippen molar-refractivity contribution in [3.05, 3.63) is 70.0 Å². The van der Waals surface area contributed by atoms with E-state index < -0.39 is 10.0 Å². The molecule has 0 bridgehead atoms. The third-order valence-electron chi connectivity index (χ3n) is 4.78. The molecule has 2 aliphatic carbocycles. The Balaban J connectivity index is 2.12. The summed E-state index contributed by atoms with van der Waals surface area (Å²) in [6, 6.07) is 7.14. The summed E-state index contributed by atoms with van der Waals surface area (Å²) in [5.41, 5.74) is 4.86. The maximum absolute atomic E-state index is 12.0. The van der Waals surface area contributed by atoms with Crippen molar-refractivity contribution in [1.29, 1.82) is 0 Å². The Hall–Kier alpha value is -2.64. The number of methoxy groups -OCH3 is 1. The van der Waals surface area contributed by atoms with Crippen LogP contribution in [0.2, 0.25) is 0 Å². The number of nitrogens with one attached hydrogen (secondary N) is 1. The normalized spacial score (nSPS) is 20.3. The molecule has 0 aromatic heterocycles. The summed E-state index contributed by atoms with van der Waals surface area (Å²) in [4.78, 5) is 12.0. The molecule has 1 unspecified atom stereocenters. The van der Waals surface area contributed by atoms with Crippen molar-refractivity contribution in [2.45, 2.75) is 32.8 Å². The number of benzene rings is 1. The molecule has 0 aliphatic heterocycles. The number of anilines is 1. The van der Waals surface area contributed by atoms with Crippen LogP contribution in [0.1, 0.15) is 32.3 Å². The van der Waals surface area contributed by atoms with E-state index in [1.165, 1.54) is 0 Å². The van der Waals surface area contributed by atoms with E-state index >= 15 is 0 Å². The number of allylic oxidation sites excluding steroid dienone is 4. The number of carbonyl (C=O) groups is 1. The monoisotopic (exact) mass is 415 g/mol. The largest absolute Gasteiger partial charge is 0.426 e. The zero-order chi connectivity index (χ0) is 21.2. The van der Waals surface area contributed by atoms with E-state index in [0.717, 1.165) is 28.5 Å². The van der Waals surface area contributed by atoms with Gasteiger partial charge in [0.1, 0.15) is 11.9 Å². The summed E-state index contributed by atoms with van der Waals surface area (Å²) in [5, 5.41) is 0. The van der Waals surface area contributed by atoms with Gasteiger partial charge in [0, 0.05) is 19.1 Å². The van der Waals surface area contributed by atoms with Crippen molar-refractivity contribution >= 4 is 27.8 Å². The average molecular weight is 416 g/mol. The fraction of sp³-hybridized carbons (Fsp3) is 0.318. The third kappa shape index (κ3) is 4.68. The molecule has 0 saturated heterocycles. The first-order valence-corrected chi connectivity index (χ1v) is 11.3. The fourth-order valence-electron chi connectivity index (χ4n) is 3.49. The van der Waals surface area contributed by atoms with Gasteiger partial charge in [-0.05, 0) is 47.8 Å². The molecule has 154 valence electrons. The highest BCUT2D eigenvalue weighted by atomic mass is 32.2. The summed E-state index contributed by atoms with van der Waals surface area (Å²) in [6.45, 7) is 3.70. The molecule has 7 heteroatoms. The number of carbonyl (C=O) groups excluding carboxylic acids is 1. The van der Waals surface area contributed by atoms with Crippen LogP contribution >= 0.6 is 0 Å². The number of rotatable bonds is 6. The van der Waals surface area contributed by atoms with E-state index in [2.05, 4.69) is 4.72 Å². The molecule has 3 rings (SSSR count). The van der Waals surface area contributed by atoms with Crippen molar-refractivity contribution in [3.8, 4) is 0 Å². The summed E-state index contributed by atoms with van der Waals surface area (Å²) < 4.78 is 37.4. The number of esters is 1. The van der Waals surface area contributed by atoms with Crippen molar-refractivity contribution in [2.24, 2.45) is 0 Å². The van der Waals surface area contributed by atoms with Crippen LogP contribution < -0.4 is 4.72 Å². The molecule has 29 heavy (non-hydrogen) atoms. The molecule has 0 saturated carbocycles. The summed E-state index contributed by atoms with van der Waals surface area (Å²) in [6.07, 6.45) is 7.58. The number of hydrogen-bond acceptors (Lipinski definition) is 5. The molecule has 0 amide bonds. The first-order chi connectivity index (χ1) is 13.7. The zero-order valence-corrected chi connectivity index (χ0v) is 17.8. The Morgan fingerprint density at radius 3 is 2.69 bits per heavy atom. The molecule has 2 aliphatic rings.